The molecule has 3 atom stereocenters. The van der Waals surface area contributed by atoms with Gasteiger partial charge in [0.15, 0.2) is 12.2 Å². The van der Waals surface area contributed by atoms with Gasteiger partial charge in [0.25, 0.3) is 0 Å². The van der Waals surface area contributed by atoms with E-state index in [1.54, 1.807) is 11.5 Å². The Hall–Kier alpha value is -2.26. The monoisotopic (exact) mass is 322 g/mol. The molecule has 2 heterocycles. The first kappa shape index (κ1) is 15.6. The lowest BCUT2D eigenvalue weighted by atomic mass is 10.0. The van der Waals surface area contributed by atoms with Gasteiger partial charge in [0.1, 0.15) is 22.9 Å². The van der Waals surface area contributed by atoms with E-state index in [2.05, 4.69) is 27.0 Å². The van der Waals surface area contributed by atoms with E-state index in [0.29, 0.717) is 24.5 Å². The highest BCUT2D eigenvalue weighted by Gasteiger charge is 2.44. The molecule has 1 aromatic rings. The van der Waals surface area contributed by atoms with Crippen molar-refractivity contribution in [1.82, 2.24) is 9.55 Å². The fourth-order valence-electron chi connectivity index (χ4n) is 3.06. The number of nitrogens with two attached hydrogens (primary N) is 1. The number of hydrogen-bond acceptors (Lipinski definition) is 7. The van der Waals surface area contributed by atoms with E-state index >= 15 is 0 Å². The van der Waals surface area contributed by atoms with E-state index in [1.165, 1.54) is 12.4 Å². The predicted molar refractivity (Wildman–Crippen MR) is 84.0 cm³/mol. The Balaban J connectivity index is 1.93. The topological polar surface area (TPSA) is 110 Å². The third-order valence-electron chi connectivity index (χ3n) is 4.03. The van der Waals surface area contributed by atoms with Crippen molar-refractivity contribution in [3.8, 4) is 0 Å². The molecule has 0 fully saturated rings. The summed E-state index contributed by atoms with van der Waals surface area (Å²) in [6.07, 6.45) is 2.21. The molecule has 23 heavy (non-hydrogen) atoms. The average Bonchev–Trinajstić information content (AvgIpc) is 3.02. The molecule has 3 rings (SSSR count). The van der Waals surface area contributed by atoms with E-state index in [1.807, 2.05) is 0 Å². The smallest absolute Gasteiger partial charge is 0.197 e. The van der Waals surface area contributed by atoms with E-state index in [4.69, 9.17) is 10.5 Å². The number of imidazole rings is 1. The molecule has 0 spiro atoms. The molecule has 1 aliphatic heterocycles. The van der Waals surface area contributed by atoms with Crippen LogP contribution < -0.4 is 11.1 Å². The summed E-state index contributed by atoms with van der Waals surface area (Å²) in [4.78, 5) is 11.7. The third kappa shape index (κ3) is 2.51. The van der Waals surface area contributed by atoms with Crippen LogP contribution in [0.2, 0.25) is 0 Å². The maximum atomic E-state index is 14.5. The third-order valence-corrected chi connectivity index (χ3v) is 4.03. The van der Waals surface area contributed by atoms with Crippen LogP contribution in [0, 0.1) is 0 Å². The van der Waals surface area contributed by atoms with Gasteiger partial charge in [-0.25, -0.2) is 14.4 Å². The minimum absolute atomic E-state index is 0.0815. The fourth-order valence-corrected chi connectivity index (χ4v) is 3.06. The molecule has 0 saturated carbocycles. The van der Waals surface area contributed by atoms with Crippen LogP contribution in [-0.4, -0.2) is 46.1 Å². The molecule has 8 nitrogen and oxygen atoms in total. The molecule has 0 aromatic carbocycles. The number of aromatic nitrogens is 2. The molecule has 9 heteroatoms. The van der Waals surface area contributed by atoms with Gasteiger partial charge in [0.05, 0.1) is 18.9 Å². The quantitative estimate of drug-likeness (QED) is 0.697. The Morgan fingerprint density at radius 3 is 3.17 bits per heavy atom. The summed E-state index contributed by atoms with van der Waals surface area (Å²) >= 11 is 0. The number of allylic oxidation sites excluding steroid dienone is 1. The van der Waals surface area contributed by atoms with E-state index < -0.39 is 11.8 Å². The van der Waals surface area contributed by atoms with Crippen molar-refractivity contribution in [3.63, 3.8) is 0 Å². The van der Waals surface area contributed by atoms with Crippen molar-refractivity contribution in [1.29, 1.82) is 0 Å². The molecule has 1 aliphatic carbocycles. The summed E-state index contributed by atoms with van der Waals surface area (Å²) in [5.74, 6) is 0.202. The molecule has 0 radical (unpaired) electrons. The highest BCUT2D eigenvalue weighted by atomic mass is 19.1. The van der Waals surface area contributed by atoms with Crippen molar-refractivity contribution in [2.75, 3.05) is 18.5 Å². The van der Waals surface area contributed by atoms with Crippen molar-refractivity contribution in [2.24, 2.45) is 15.7 Å². The number of ether oxygens (including phenoxy) is 1. The maximum absolute atomic E-state index is 14.5. The number of aliphatic hydroxyl groups excluding tert-OH is 1. The van der Waals surface area contributed by atoms with E-state index in [-0.39, 0.29) is 24.4 Å². The lowest BCUT2D eigenvalue weighted by Gasteiger charge is -2.28. The number of anilines is 1. The first-order valence-electron chi connectivity index (χ1n) is 7.30. The molecular formula is C14H19FN6O2. The van der Waals surface area contributed by atoms with Gasteiger partial charge < -0.3 is 25.5 Å². The second-order valence-electron chi connectivity index (χ2n) is 5.49. The molecule has 1 aromatic heterocycles. The summed E-state index contributed by atoms with van der Waals surface area (Å²) < 4.78 is 21.9. The Bertz CT molecular complexity index is 685. The standard InChI is InChI=1S/C14H19FN6O2/c1-3-23-14(6-17-2)5-8(4-9(14)15)21-7-18-10-11(21)19-13(16)20-12(10)22/h4,7-8,12,22H,2-3,5-6H2,1H3,(H3,16,19,20)/t8-,12?,14+/m0/s1. The van der Waals surface area contributed by atoms with E-state index in [9.17, 15) is 9.50 Å². The number of fused-ring (bicyclic) bond motifs is 1. The Kier molecular flexibility index (Phi) is 3.90. The van der Waals surface area contributed by atoms with Crippen LogP contribution in [0.5, 0.6) is 0 Å². The van der Waals surface area contributed by atoms with Crippen LogP contribution in [0.25, 0.3) is 0 Å². The van der Waals surface area contributed by atoms with Crippen LogP contribution in [0.3, 0.4) is 0 Å². The molecule has 1 unspecified atom stereocenters. The summed E-state index contributed by atoms with van der Waals surface area (Å²) in [7, 11) is 0. The number of nitrogens with one attached hydrogen (secondary N) is 1. The summed E-state index contributed by atoms with van der Waals surface area (Å²) in [5, 5.41) is 12.8. The zero-order valence-electron chi connectivity index (χ0n) is 12.7. The zero-order valence-corrected chi connectivity index (χ0v) is 12.7. The number of rotatable bonds is 5. The Labute approximate surface area is 132 Å². The van der Waals surface area contributed by atoms with Crippen LogP contribution in [0.4, 0.5) is 10.2 Å². The minimum atomic E-state index is -1.13. The largest absolute Gasteiger partial charge is 0.370 e. The van der Waals surface area contributed by atoms with Gasteiger partial charge in [0.2, 0.25) is 0 Å². The van der Waals surface area contributed by atoms with Gasteiger partial charge in [-0.3, -0.25) is 4.99 Å². The highest BCUT2D eigenvalue weighted by Crippen LogP contribution is 2.43. The molecule has 0 amide bonds. The number of halogens is 1. The molecule has 0 bridgehead atoms. The van der Waals surface area contributed by atoms with Gasteiger partial charge in [0, 0.05) is 13.0 Å². The van der Waals surface area contributed by atoms with E-state index in [0.717, 1.165) is 0 Å². The minimum Gasteiger partial charge on any atom is -0.370 e. The molecule has 124 valence electrons. The van der Waals surface area contributed by atoms with Crippen molar-refractivity contribution in [3.05, 3.63) is 23.9 Å². The number of nitrogens with zero attached hydrogens (tertiary/aromatic N) is 4. The normalized spacial score (nSPS) is 29.5. The Morgan fingerprint density at radius 1 is 1.70 bits per heavy atom. The highest BCUT2D eigenvalue weighted by molar-refractivity contribution is 5.93. The molecular weight excluding hydrogens is 303 g/mol. The van der Waals surface area contributed by atoms with Crippen molar-refractivity contribution < 1.29 is 14.2 Å². The van der Waals surface area contributed by atoms with Gasteiger partial charge in [-0.05, 0) is 19.7 Å². The summed E-state index contributed by atoms with van der Waals surface area (Å²) in [6, 6.07) is -0.342. The first-order chi connectivity index (χ1) is 11.0. The van der Waals surface area contributed by atoms with Gasteiger partial charge in [-0.15, -0.1) is 0 Å². The van der Waals surface area contributed by atoms with Crippen molar-refractivity contribution >= 4 is 18.5 Å². The number of guanidine groups is 1. The number of aliphatic hydroxyl groups is 1. The molecule has 0 saturated heterocycles. The molecule has 4 N–H and O–H groups in total. The van der Waals surface area contributed by atoms with Crippen molar-refractivity contribution in [2.45, 2.75) is 31.2 Å². The average molecular weight is 322 g/mol. The van der Waals surface area contributed by atoms with Crippen LogP contribution in [-0.2, 0) is 4.74 Å². The van der Waals surface area contributed by atoms with Crippen LogP contribution in [0.1, 0.15) is 31.3 Å². The fraction of sp³-hybridized carbons (Fsp3) is 0.500. The first-order valence-corrected chi connectivity index (χ1v) is 7.30. The molecule has 2 aliphatic rings. The number of hydrogen-bond donors (Lipinski definition) is 3. The lowest BCUT2D eigenvalue weighted by Crippen LogP contribution is -2.36. The van der Waals surface area contributed by atoms with Gasteiger partial charge in [-0.2, -0.15) is 0 Å². The lowest BCUT2D eigenvalue weighted by molar-refractivity contribution is -0.0203. The Morgan fingerprint density at radius 2 is 2.48 bits per heavy atom. The SMILES string of the molecule is C=NC[C@]1(OCC)C[C@@H](n2cnc3c2NC(N)=NC3O)C=C1F. The maximum Gasteiger partial charge on any atom is 0.197 e. The second-order valence-corrected chi connectivity index (χ2v) is 5.49. The van der Waals surface area contributed by atoms with Crippen LogP contribution in [0.15, 0.2) is 28.2 Å². The second kappa shape index (κ2) is 5.74. The summed E-state index contributed by atoms with van der Waals surface area (Å²) in [5.41, 5.74) is 4.89. The van der Waals surface area contributed by atoms with Gasteiger partial charge in [-0.1, -0.05) is 0 Å². The predicted octanol–water partition coefficient (Wildman–Crippen LogP) is 0.888. The number of aliphatic imine (C=N–C) groups is 2. The van der Waals surface area contributed by atoms with Gasteiger partial charge >= 0.3 is 0 Å². The zero-order chi connectivity index (χ0) is 16.6. The summed E-state index contributed by atoms with van der Waals surface area (Å²) in [6.45, 7) is 5.75. The van der Waals surface area contributed by atoms with Crippen LogP contribution >= 0.6 is 0 Å².